The molecule has 2 heterocycles. The molecule has 0 aliphatic heterocycles. The predicted molar refractivity (Wildman–Crippen MR) is 103 cm³/mol. The summed E-state index contributed by atoms with van der Waals surface area (Å²) in [5.41, 5.74) is 2.23. The van der Waals surface area contributed by atoms with Crippen LogP contribution in [0.25, 0.3) is 22.7 Å². The van der Waals surface area contributed by atoms with Crippen molar-refractivity contribution in [1.29, 1.82) is 0 Å². The molecule has 0 saturated carbocycles. The Morgan fingerprint density at radius 3 is 2.27 bits per heavy atom. The zero-order chi connectivity index (χ0) is 17.8. The second kappa shape index (κ2) is 7.37. The first-order valence-electron chi connectivity index (χ1n) is 8.23. The Labute approximate surface area is 155 Å². The number of carbonyl (C=O) groups excluding carboxylic acids is 1. The van der Waals surface area contributed by atoms with Crippen LogP contribution in [-0.2, 0) is 6.54 Å². The van der Waals surface area contributed by atoms with Crippen molar-refractivity contribution < 1.29 is 9.21 Å². The zero-order valence-corrected chi connectivity index (χ0v) is 14.7. The van der Waals surface area contributed by atoms with E-state index >= 15 is 0 Å². The first kappa shape index (κ1) is 16.3. The summed E-state index contributed by atoms with van der Waals surface area (Å²) in [7, 11) is 0. The molecule has 128 valence electrons. The lowest BCUT2D eigenvalue weighted by molar-refractivity contribution is 0.0925. The third-order valence-electron chi connectivity index (χ3n) is 3.90. The summed E-state index contributed by atoms with van der Waals surface area (Å²) in [5, 5.41) is 4.90. The molecule has 2 aromatic carbocycles. The number of nitrogens with one attached hydrogen (secondary N) is 1. The minimum absolute atomic E-state index is 0.228. The van der Waals surface area contributed by atoms with Gasteiger partial charge in [-0.25, -0.2) is 4.98 Å². The molecular formula is C21H16N2O2S. The summed E-state index contributed by atoms with van der Waals surface area (Å²) in [6, 6.07) is 23.1. The lowest BCUT2D eigenvalue weighted by Gasteiger charge is -2.03. The first-order valence-corrected chi connectivity index (χ1v) is 9.11. The van der Waals surface area contributed by atoms with Crippen LogP contribution in [-0.4, -0.2) is 10.9 Å². The second-order valence-electron chi connectivity index (χ2n) is 5.69. The molecule has 0 aliphatic rings. The van der Waals surface area contributed by atoms with Crippen molar-refractivity contribution >= 4 is 17.2 Å². The Bertz CT molecular complexity index is 993. The highest BCUT2D eigenvalue weighted by atomic mass is 32.1. The molecule has 0 unspecified atom stereocenters. The van der Waals surface area contributed by atoms with Crippen LogP contribution in [0, 0.1) is 0 Å². The lowest BCUT2D eigenvalue weighted by Crippen LogP contribution is -2.22. The van der Waals surface area contributed by atoms with Gasteiger partial charge in [-0.1, -0.05) is 54.6 Å². The number of rotatable bonds is 5. The van der Waals surface area contributed by atoms with Crippen LogP contribution >= 0.6 is 11.3 Å². The molecule has 1 amide bonds. The first-order chi connectivity index (χ1) is 12.8. The number of benzene rings is 2. The maximum atomic E-state index is 12.7. The summed E-state index contributed by atoms with van der Waals surface area (Å²) in [5.74, 6) is 0.393. The van der Waals surface area contributed by atoms with Crippen molar-refractivity contribution in [1.82, 2.24) is 10.3 Å². The SMILES string of the molecule is O=C(NCc1cccs1)c1oc(-c2ccccc2)nc1-c1ccccc1. The van der Waals surface area contributed by atoms with E-state index in [4.69, 9.17) is 4.42 Å². The van der Waals surface area contributed by atoms with E-state index in [1.165, 1.54) is 0 Å². The number of carbonyl (C=O) groups is 1. The number of hydrogen-bond acceptors (Lipinski definition) is 4. The molecule has 4 aromatic rings. The fraction of sp³-hybridized carbons (Fsp3) is 0.0476. The van der Waals surface area contributed by atoms with Crippen molar-refractivity contribution in [3.8, 4) is 22.7 Å². The molecule has 4 nitrogen and oxygen atoms in total. The van der Waals surface area contributed by atoms with Crippen molar-refractivity contribution in [2.24, 2.45) is 0 Å². The molecule has 0 bridgehead atoms. The van der Waals surface area contributed by atoms with Gasteiger partial charge in [0.15, 0.2) is 0 Å². The predicted octanol–water partition coefficient (Wildman–Crippen LogP) is 5.00. The molecule has 0 aliphatic carbocycles. The molecule has 26 heavy (non-hydrogen) atoms. The average Bonchev–Trinajstić information content (AvgIpc) is 3.37. The van der Waals surface area contributed by atoms with E-state index in [0.717, 1.165) is 16.0 Å². The van der Waals surface area contributed by atoms with Gasteiger partial charge in [0.25, 0.3) is 5.91 Å². The molecule has 0 radical (unpaired) electrons. The minimum Gasteiger partial charge on any atom is -0.430 e. The molecule has 1 N–H and O–H groups in total. The van der Waals surface area contributed by atoms with Gasteiger partial charge in [-0.3, -0.25) is 4.79 Å². The number of nitrogens with zero attached hydrogens (tertiary/aromatic N) is 1. The summed E-state index contributed by atoms with van der Waals surface area (Å²) >= 11 is 1.60. The average molecular weight is 360 g/mol. The quantitative estimate of drug-likeness (QED) is 0.545. The highest BCUT2D eigenvalue weighted by Crippen LogP contribution is 2.29. The molecule has 0 atom stereocenters. The van der Waals surface area contributed by atoms with Gasteiger partial charge in [0.2, 0.25) is 11.7 Å². The highest BCUT2D eigenvalue weighted by molar-refractivity contribution is 7.09. The van der Waals surface area contributed by atoms with Crippen LogP contribution in [0.1, 0.15) is 15.4 Å². The van der Waals surface area contributed by atoms with E-state index in [-0.39, 0.29) is 11.7 Å². The Kier molecular flexibility index (Phi) is 4.62. The highest BCUT2D eigenvalue weighted by Gasteiger charge is 2.22. The van der Waals surface area contributed by atoms with E-state index in [9.17, 15) is 4.79 Å². The van der Waals surface area contributed by atoms with Gasteiger partial charge in [0.05, 0.1) is 6.54 Å². The largest absolute Gasteiger partial charge is 0.430 e. The van der Waals surface area contributed by atoms with Gasteiger partial charge in [-0.2, -0.15) is 0 Å². The van der Waals surface area contributed by atoms with Crippen LogP contribution in [0.4, 0.5) is 0 Å². The Balaban J connectivity index is 1.69. The molecule has 0 fully saturated rings. The number of aromatic nitrogens is 1. The van der Waals surface area contributed by atoms with E-state index in [1.807, 2.05) is 78.2 Å². The van der Waals surface area contributed by atoms with E-state index in [1.54, 1.807) is 11.3 Å². The van der Waals surface area contributed by atoms with Crippen molar-refractivity contribution in [2.75, 3.05) is 0 Å². The van der Waals surface area contributed by atoms with Crippen LogP contribution in [0.2, 0.25) is 0 Å². The fourth-order valence-corrected chi connectivity index (χ4v) is 3.28. The van der Waals surface area contributed by atoms with Crippen molar-refractivity contribution in [3.05, 3.63) is 88.8 Å². The molecule has 0 spiro atoms. The number of hydrogen-bond donors (Lipinski definition) is 1. The molecule has 0 saturated heterocycles. The standard InChI is InChI=1S/C21H16N2O2S/c24-20(22-14-17-12-7-13-26-17)19-18(15-8-3-1-4-9-15)23-21(25-19)16-10-5-2-6-11-16/h1-13H,14H2,(H,22,24). The van der Waals surface area contributed by atoms with Gasteiger partial charge in [-0.15, -0.1) is 11.3 Å². The Hall–Kier alpha value is -3.18. The van der Waals surface area contributed by atoms with Gasteiger partial charge in [0, 0.05) is 16.0 Å². The number of amides is 1. The van der Waals surface area contributed by atoms with E-state index in [2.05, 4.69) is 10.3 Å². The third-order valence-corrected chi connectivity index (χ3v) is 4.78. The van der Waals surface area contributed by atoms with E-state index in [0.29, 0.717) is 18.1 Å². The van der Waals surface area contributed by atoms with Crippen LogP contribution in [0.15, 0.2) is 82.6 Å². The molecule has 2 aromatic heterocycles. The third kappa shape index (κ3) is 3.43. The monoisotopic (exact) mass is 360 g/mol. The molecule has 4 rings (SSSR count). The van der Waals surface area contributed by atoms with Gasteiger partial charge >= 0.3 is 0 Å². The van der Waals surface area contributed by atoms with Gasteiger partial charge < -0.3 is 9.73 Å². The summed E-state index contributed by atoms with van der Waals surface area (Å²) in [6.45, 7) is 0.464. The van der Waals surface area contributed by atoms with E-state index < -0.39 is 0 Å². The second-order valence-corrected chi connectivity index (χ2v) is 6.72. The Morgan fingerprint density at radius 1 is 0.923 bits per heavy atom. The summed E-state index contributed by atoms with van der Waals surface area (Å²) in [6.07, 6.45) is 0. The smallest absolute Gasteiger partial charge is 0.289 e. The summed E-state index contributed by atoms with van der Waals surface area (Å²) < 4.78 is 5.87. The number of oxazole rings is 1. The van der Waals surface area contributed by atoms with Gasteiger partial charge in [-0.05, 0) is 23.6 Å². The zero-order valence-electron chi connectivity index (χ0n) is 13.9. The molecule has 5 heteroatoms. The normalized spacial score (nSPS) is 10.6. The summed E-state index contributed by atoms with van der Waals surface area (Å²) in [4.78, 5) is 18.4. The van der Waals surface area contributed by atoms with Gasteiger partial charge in [0.1, 0.15) is 5.69 Å². The van der Waals surface area contributed by atoms with Crippen molar-refractivity contribution in [2.45, 2.75) is 6.54 Å². The Morgan fingerprint density at radius 2 is 1.62 bits per heavy atom. The number of thiophene rings is 1. The fourth-order valence-electron chi connectivity index (χ4n) is 2.63. The topological polar surface area (TPSA) is 55.1 Å². The van der Waals surface area contributed by atoms with Crippen molar-refractivity contribution in [3.63, 3.8) is 0 Å². The maximum absolute atomic E-state index is 12.7. The van der Waals surface area contributed by atoms with Crippen LogP contribution in [0.3, 0.4) is 0 Å². The minimum atomic E-state index is -0.271. The van der Waals surface area contributed by atoms with Crippen LogP contribution in [0.5, 0.6) is 0 Å². The lowest BCUT2D eigenvalue weighted by atomic mass is 10.1. The maximum Gasteiger partial charge on any atom is 0.289 e. The van der Waals surface area contributed by atoms with Crippen LogP contribution < -0.4 is 5.32 Å². The molecular weight excluding hydrogens is 344 g/mol.